The third kappa shape index (κ3) is 3.98. The van der Waals surface area contributed by atoms with Gasteiger partial charge in [0.2, 0.25) is 5.91 Å². The van der Waals surface area contributed by atoms with Gasteiger partial charge in [0, 0.05) is 46.3 Å². The summed E-state index contributed by atoms with van der Waals surface area (Å²) in [6.07, 6.45) is 14.4. The number of carbonyl (C=O) groups is 1. The second-order valence-electron chi connectivity index (χ2n) is 10.1. The number of H-pyrrole nitrogens is 1. The fourth-order valence-corrected chi connectivity index (χ4v) is 5.25. The Bertz CT molecular complexity index is 1700. The van der Waals surface area contributed by atoms with Crippen LogP contribution in [0.5, 0.6) is 0 Å². The van der Waals surface area contributed by atoms with Crippen molar-refractivity contribution < 1.29 is 9.21 Å². The average Bonchev–Trinajstić information content (AvgIpc) is 3.50. The molecule has 38 heavy (non-hydrogen) atoms. The normalized spacial score (nSPS) is 16.8. The maximum atomic E-state index is 12.2. The number of rotatable bonds is 6. The molecule has 0 saturated heterocycles. The van der Waals surface area contributed by atoms with Crippen LogP contribution in [0.25, 0.3) is 33.2 Å². The van der Waals surface area contributed by atoms with E-state index in [9.17, 15) is 4.79 Å². The topological polar surface area (TPSA) is 109 Å². The van der Waals surface area contributed by atoms with E-state index in [1.807, 2.05) is 42.9 Å². The fourth-order valence-electron chi connectivity index (χ4n) is 5.25. The molecule has 1 aliphatic carbocycles. The molecule has 5 heterocycles. The molecular weight excluding hydrogens is 476 g/mol. The Morgan fingerprint density at radius 2 is 1.95 bits per heavy atom. The van der Waals surface area contributed by atoms with Gasteiger partial charge in [0.1, 0.15) is 5.69 Å². The van der Waals surface area contributed by atoms with Gasteiger partial charge in [-0.1, -0.05) is 13.0 Å². The monoisotopic (exact) mass is 502 g/mol. The van der Waals surface area contributed by atoms with Crippen molar-refractivity contribution in [2.75, 3.05) is 5.32 Å². The molecule has 4 aromatic heterocycles. The second kappa shape index (κ2) is 9.06. The van der Waals surface area contributed by atoms with Crippen molar-refractivity contribution in [2.24, 2.45) is 16.8 Å². The van der Waals surface area contributed by atoms with E-state index in [-0.39, 0.29) is 17.7 Å². The molecule has 188 valence electrons. The number of amides is 1. The lowest BCUT2D eigenvalue weighted by molar-refractivity contribution is -0.117. The number of aliphatic imine (C=N–C) groups is 1. The van der Waals surface area contributed by atoms with Gasteiger partial charge < -0.3 is 9.73 Å². The van der Waals surface area contributed by atoms with E-state index < -0.39 is 0 Å². The molecule has 1 aromatic carbocycles. The molecular formula is C30H26N6O2. The highest BCUT2D eigenvalue weighted by atomic mass is 16.3. The SMILES string of the molecule is CCC1Cc2c(cncc2-c2ccoc2)N=C1c1n[nH]c2ccc(-c3cncc(NC(=O)C4CC4)c3)cc12. The summed E-state index contributed by atoms with van der Waals surface area (Å²) in [6.45, 7) is 2.19. The van der Waals surface area contributed by atoms with Crippen molar-refractivity contribution in [3.63, 3.8) is 0 Å². The van der Waals surface area contributed by atoms with Crippen molar-refractivity contribution in [3.05, 3.63) is 78.9 Å². The molecule has 1 aliphatic heterocycles. The molecule has 0 bridgehead atoms. The van der Waals surface area contributed by atoms with Crippen molar-refractivity contribution in [2.45, 2.75) is 32.6 Å². The quantitative estimate of drug-likeness (QED) is 0.282. The Hall–Kier alpha value is -4.59. The average molecular weight is 503 g/mol. The zero-order chi connectivity index (χ0) is 25.6. The highest BCUT2D eigenvalue weighted by Crippen LogP contribution is 2.39. The minimum atomic E-state index is 0.0724. The van der Waals surface area contributed by atoms with Gasteiger partial charge in [0.15, 0.2) is 0 Å². The van der Waals surface area contributed by atoms with Crippen LogP contribution in [-0.2, 0) is 11.2 Å². The lowest BCUT2D eigenvalue weighted by Crippen LogP contribution is -2.22. The van der Waals surface area contributed by atoms with Crippen LogP contribution in [0.15, 0.2) is 77.1 Å². The van der Waals surface area contributed by atoms with Gasteiger partial charge in [-0.05, 0) is 61.1 Å². The Balaban J connectivity index is 1.28. The van der Waals surface area contributed by atoms with E-state index in [1.165, 1.54) is 5.56 Å². The number of nitrogens with one attached hydrogen (secondary N) is 2. The number of hydrogen-bond acceptors (Lipinski definition) is 6. The van der Waals surface area contributed by atoms with Gasteiger partial charge >= 0.3 is 0 Å². The Labute approximate surface area is 219 Å². The Morgan fingerprint density at radius 3 is 2.76 bits per heavy atom. The summed E-state index contributed by atoms with van der Waals surface area (Å²) in [5, 5.41) is 11.9. The Morgan fingerprint density at radius 1 is 1.05 bits per heavy atom. The van der Waals surface area contributed by atoms with Gasteiger partial charge in [-0.15, -0.1) is 0 Å². The van der Waals surface area contributed by atoms with Gasteiger partial charge in [-0.3, -0.25) is 19.9 Å². The van der Waals surface area contributed by atoms with Crippen molar-refractivity contribution in [1.82, 2.24) is 20.2 Å². The summed E-state index contributed by atoms with van der Waals surface area (Å²) in [4.78, 5) is 26.2. The second-order valence-corrected chi connectivity index (χ2v) is 10.1. The lowest BCUT2D eigenvalue weighted by Gasteiger charge is -2.24. The zero-order valence-corrected chi connectivity index (χ0v) is 20.9. The first-order valence-corrected chi connectivity index (χ1v) is 13.0. The molecule has 2 N–H and O–H groups in total. The Kier molecular flexibility index (Phi) is 5.39. The number of pyridine rings is 2. The van der Waals surface area contributed by atoms with Crippen molar-refractivity contribution in [1.29, 1.82) is 0 Å². The van der Waals surface area contributed by atoms with E-state index in [1.54, 1.807) is 18.7 Å². The molecule has 1 atom stereocenters. The smallest absolute Gasteiger partial charge is 0.227 e. The first-order valence-electron chi connectivity index (χ1n) is 13.0. The summed E-state index contributed by atoms with van der Waals surface area (Å²) in [5.41, 5.74) is 9.57. The molecule has 5 aromatic rings. The van der Waals surface area contributed by atoms with E-state index in [0.717, 1.165) is 75.9 Å². The largest absolute Gasteiger partial charge is 0.472 e. The molecule has 1 unspecified atom stereocenters. The van der Waals surface area contributed by atoms with Crippen LogP contribution >= 0.6 is 0 Å². The van der Waals surface area contributed by atoms with Crippen molar-refractivity contribution in [3.8, 4) is 22.3 Å². The number of hydrogen-bond donors (Lipinski definition) is 2. The number of carbonyl (C=O) groups excluding carboxylic acids is 1. The molecule has 1 saturated carbocycles. The molecule has 0 radical (unpaired) electrons. The number of aromatic amines is 1. The maximum absolute atomic E-state index is 12.2. The molecule has 2 aliphatic rings. The molecule has 1 amide bonds. The maximum Gasteiger partial charge on any atom is 0.227 e. The standard InChI is InChI=1S/C30H26N6O2/c1-2-17-10-23-25(20-7-8-38-16-20)14-32-15-27(23)34-28(17)29-24-11-19(5-6-26(24)35-36-29)21-9-22(13-31-12-21)33-30(37)18-3-4-18/h5-9,11-18H,2-4,10H2,1H3,(H,33,37)(H,35,36). The molecule has 0 spiro atoms. The number of anilines is 1. The number of fused-ring (bicyclic) bond motifs is 2. The highest BCUT2D eigenvalue weighted by Gasteiger charge is 2.30. The summed E-state index contributed by atoms with van der Waals surface area (Å²) in [6, 6.07) is 10.1. The van der Waals surface area contributed by atoms with Crippen LogP contribution in [0.1, 0.15) is 37.4 Å². The molecule has 1 fully saturated rings. The predicted molar refractivity (Wildman–Crippen MR) is 146 cm³/mol. The van der Waals surface area contributed by atoms with Crippen LogP contribution in [0.2, 0.25) is 0 Å². The van der Waals surface area contributed by atoms with E-state index >= 15 is 0 Å². The first kappa shape index (κ1) is 22.6. The molecule has 7 rings (SSSR count). The van der Waals surface area contributed by atoms with Crippen LogP contribution in [0.3, 0.4) is 0 Å². The van der Waals surface area contributed by atoms with E-state index in [2.05, 4.69) is 33.4 Å². The van der Waals surface area contributed by atoms with Crippen LogP contribution < -0.4 is 5.32 Å². The minimum absolute atomic E-state index is 0.0724. The first-order chi connectivity index (χ1) is 18.7. The van der Waals surface area contributed by atoms with Crippen LogP contribution in [0, 0.1) is 11.8 Å². The lowest BCUT2D eigenvalue weighted by atomic mass is 9.84. The van der Waals surface area contributed by atoms with Gasteiger partial charge in [-0.2, -0.15) is 5.10 Å². The molecule has 8 nitrogen and oxygen atoms in total. The van der Waals surface area contributed by atoms with E-state index in [4.69, 9.17) is 14.5 Å². The van der Waals surface area contributed by atoms with Gasteiger partial charge in [-0.25, -0.2) is 4.99 Å². The van der Waals surface area contributed by atoms with E-state index in [0.29, 0.717) is 5.69 Å². The third-order valence-electron chi connectivity index (χ3n) is 7.53. The van der Waals surface area contributed by atoms with Crippen molar-refractivity contribution >= 4 is 33.9 Å². The van der Waals surface area contributed by atoms with Gasteiger partial charge in [0.05, 0.1) is 47.5 Å². The molecule has 8 heteroatoms. The number of furan rings is 1. The van der Waals surface area contributed by atoms with Crippen LogP contribution in [-0.4, -0.2) is 31.8 Å². The summed E-state index contributed by atoms with van der Waals surface area (Å²) >= 11 is 0. The predicted octanol–water partition coefficient (Wildman–Crippen LogP) is 6.33. The van der Waals surface area contributed by atoms with Crippen LogP contribution in [0.4, 0.5) is 11.4 Å². The minimum Gasteiger partial charge on any atom is -0.472 e. The number of benzene rings is 1. The fraction of sp³-hybridized carbons (Fsp3) is 0.233. The zero-order valence-electron chi connectivity index (χ0n) is 20.9. The highest BCUT2D eigenvalue weighted by molar-refractivity contribution is 6.12. The van der Waals surface area contributed by atoms with Gasteiger partial charge in [0.25, 0.3) is 0 Å². The summed E-state index contributed by atoms with van der Waals surface area (Å²) in [5.74, 6) is 0.429. The summed E-state index contributed by atoms with van der Waals surface area (Å²) < 4.78 is 5.33. The third-order valence-corrected chi connectivity index (χ3v) is 7.53. The number of nitrogens with zero attached hydrogens (tertiary/aromatic N) is 4. The summed E-state index contributed by atoms with van der Waals surface area (Å²) in [7, 11) is 0. The number of aromatic nitrogens is 4.